The molecule has 0 aliphatic heterocycles. The summed E-state index contributed by atoms with van der Waals surface area (Å²) in [7, 11) is -4.58. The molecule has 150 valence electrons. The summed E-state index contributed by atoms with van der Waals surface area (Å²) in [6.45, 7) is 8.43. The van der Waals surface area contributed by atoms with E-state index >= 15 is 0 Å². The SMILES string of the molecule is CC(CSCC(S)CO)C(=O)C(C)(C)OCCC(C)(C)OP(=O)(O)O. The molecule has 10 heteroatoms. The number of ketones is 1. The van der Waals surface area contributed by atoms with E-state index in [-0.39, 0.29) is 36.6 Å². The number of carbonyl (C=O) groups excluding carboxylic acids is 1. The maximum Gasteiger partial charge on any atom is 0.470 e. The van der Waals surface area contributed by atoms with E-state index in [1.165, 1.54) is 0 Å². The van der Waals surface area contributed by atoms with Crippen LogP contribution in [0.1, 0.15) is 41.0 Å². The van der Waals surface area contributed by atoms with E-state index < -0.39 is 19.0 Å². The largest absolute Gasteiger partial charge is 0.470 e. The Morgan fingerprint density at radius 3 is 2.28 bits per heavy atom. The third kappa shape index (κ3) is 11.7. The second-order valence-electron chi connectivity index (χ2n) is 7.09. The third-order valence-electron chi connectivity index (χ3n) is 3.46. The van der Waals surface area contributed by atoms with Crippen LogP contribution >= 0.6 is 32.2 Å². The summed E-state index contributed by atoms with van der Waals surface area (Å²) in [5.41, 5.74) is -2.07. The number of phosphoric acid groups is 1. The van der Waals surface area contributed by atoms with Gasteiger partial charge in [0.05, 0.1) is 18.8 Å². The number of carbonyl (C=O) groups is 1. The van der Waals surface area contributed by atoms with Crippen LogP contribution in [0.2, 0.25) is 0 Å². The quantitative estimate of drug-likeness (QED) is 0.266. The fraction of sp³-hybridized carbons (Fsp3) is 0.933. The normalized spacial score (nSPS) is 15.9. The first-order valence-electron chi connectivity index (χ1n) is 8.01. The van der Waals surface area contributed by atoms with Gasteiger partial charge in [-0.15, -0.1) is 0 Å². The summed E-state index contributed by atoms with van der Waals surface area (Å²) in [6.07, 6.45) is 0.232. The van der Waals surface area contributed by atoms with Crippen molar-refractivity contribution >= 4 is 38.0 Å². The van der Waals surface area contributed by atoms with Gasteiger partial charge in [-0.2, -0.15) is 24.4 Å². The average molecular weight is 419 g/mol. The highest BCUT2D eigenvalue weighted by atomic mass is 32.2. The minimum atomic E-state index is -4.58. The van der Waals surface area contributed by atoms with Gasteiger partial charge in [0, 0.05) is 22.7 Å². The number of hydrogen-bond donors (Lipinski definition) is 4. The highest BCUT2D eigenvalue weighted by molar-refractivity contribution is 8.00. The van der Waals surface area contributed by atoms with Gasteiger partial charge in [0.15, 0.2) is 5.78 Å². The first-order valence-corrected chi connectivity index (χ1v) is 11.2. The molecule has 0 saturated heterocycles. The molecule has 0 amide bonds. The fourth-order valence-corrected chi connectivity index (χ4v) is 4.16. The molecule has 0 aliphatic carbocycles. The van der Waals surface area contributed by atoms with Crippen LogP contribution < -0.4 is 0 Å². The third-order valence-corrected chi connectivity index (χ3v) is 6.16. The van der Waals surface area contributed by atoms with Gasteiger partial charge >= 0.3 is 7.82 Å². The van der Waals surface area contributed by atoms with Gasteiger partial charge in [0.1, 0.15) is 5.60 Å². The number of phosphoric ester groups is 1. The number of aliphatic hydroxyl groups excluding tert-OH is 1. The van der Waals surface area contributed by atoms with Crippen molar-refractivity contribution in [3.05, 3.63) is 0 Å². The molecule has 25 heavy (non-hydrogen) atoms. The molecule has 0 heterocycles. The van der Waals surface area contributed by atoms with E-state index in [0.29, 0.717) is 11.5 Å². The van der Waals surface area contributed by atoms with Crippen molar-refractivity contribution in [1.29, 1.82) is 0 Å². The van der Waals surface area contributed by atoms with Crippen LogP contribution in [0.4, 0.5) is 0 Å². The molecule has 2 unspecified atom stereocenters. The minimum Gasteiger partial charge on any atom is -0.395 e. The van der Waals surface area contributed by atoms with Crippen LogP contribution in [-0.2, 0) is 18.6 Å². The Balaban J connectivity index is 4.41. The van der Waals surface area contributed by atoms with Crippen molar-refractivity contribution in [2.75, 3.05) is 24.7 Å². The zero-order valence-corrected chi connectivity index (χ0v) is 18.1. The molecule has 0 bridgehead atoms. The van der Waals surface area contributed by atoms with E-state index in [0.717, 1.165) is 0 Å². The monoisotopic (exact) mass is 418 g/mol. The minimum absolute atomic E-state index is 0.000486. The van der Waals surface area contributed by atoms with Crippen molar-refractivity contribution in [3.8, 4) is 0 Å². The second kappa shape index (κ2) is 10.7. The molecule has 0 rings (SSSR count). The number of Topliss-reactive ketones (excluding diaryl/α,β-unsaturated/α-hetero) is 1. The predicted molar refractivity (Wildman–Crippen MR) is 103 cm³/mol. The number of thioether (sulfide) groups is 1. The lowest BCUT2D eigenvalue weighted by atomic mass is 9.94. The molecule has 2 atom stereocenters. The Morgan fingerprint density at radius 2 is 1.80 bits per heavy atom. The van der Waals surface area contributed by atoms with Gasteiger partial charge in [0.25, 0.3) is 0 Å². The highest BCUT2D eigenvalue weighted by Gasteiger charge is 2.34. The average Bonchev–Trinajstić information content (AvgIpc) is 2.42. The highest BCUT2D eigenvalue weighted by Crippen LogP contribution is 2.42. The molecule has 0 saturated carbocycles. The maximum atomic E-state index is 12.5. The zero-order chi connectivity index (χ0) is 19.9. The molecule has 0 aromatic rings. The Morgan fingerprint density at radius 1 is 1.24 bits per heavy atom. The lowest BCUT2D eigenvalue weighted by molar-refractivity contribution is -0.145. The zero-order valence-electron chi connectivity index (χ0n) is 15.5. The Bertz CT molecular complexity index is 465. The van der Waals surface area contributed by atoms with Crippen LogP contribution in [-0.4, -0.2) is 61.8 Å². The van der Waals surface area contributed by atoms with E-state index in [2.05, 4.69) is 12.6 Å². The van der Waals surface area contributed by atoms with Gasteiger partial charge in [0.2, 0.25) is 0 Å². The van der Waals surface area contributed by atoms with Gasteiger partial charge in [-0.25, -0.2) is 4.57 Å². The number of aliphatic hydroxyl groups is 1. The Labute approximate surface area is 159 Å². The summed E-state index contributed by atoms with van der Waals surface area (Å²) in [6, 6.07) is 0. The maximum absolute atomic E-state index is 12.5. The Hall–Kier alpha value is 0.400. The predicted octanol–water partition coefficient (Wildman–Crippen LogP) is 2.29. The number of hydrogen-bond acceptors (Lipinski definition) is 7. The lowest BCUT2D eigenvalue weighted by Gasteiger charge is -2.30. The van der Waals surface area contributed by atoms with Gasteiger partial charge in [-0.3, -0.25) is 9.32 Å². The standard InChI is InChI=1S/C15H31O7PS2/c1-11(9-25-10-12(24)8-16)13(17)15(4,5)21-7-6-14(2,3)22-23(18,19)20/h11-12,16,24H,6-10H2,1-5H3,(H2,18,19,20). The summed E-state index contributed by atoms with van der Waals surface area (Å²) < 4.78 is 21.3. The summed E-state index contributed by atoms with van der Waals surface area (Å²) in [5, 5.41) is 8.83. The van der Waals surface area contributed by atoms with E-state index in [4.69, 9.17) is 24.2 Å². The summed E-state index contributed by atoms with van der Waals surface area (Å²) in [5.74, 6) is 0.995. The van der Waals surface area contributed by atoms with Crippen molar-refractivity contribution in [3.63, 3.8) is 0 Å². The first-order chi connectivity index (χ1) is 11.2. The number of rotatable bonds is 13. The van der Waals surface area contributed by atoms with Gasteiger partial charge in [-0.05, 0) is 34.1 Å². The van der Waals surface area contributed by atoms with Crippen molar-refractivity contribution in [2.24, 2.45) is 5.92 Å². The molecule has 0 aromatic carbocycles. The van der Waals surface area contributed by atoms with Gasteiger partial charge < -0.3 is 19.6 Å². The lowest BCUT2D eigenvalue weighted by Crippen LogP contribution is -2.41. The van der Waals surface area contributed by atoms with Crippen molar-refractivity contribution in [1.82, 2.24) is 0 Å². The Kier molecular flexibility index (Phi) is 10.8. The molecule has 0 fully saturated rings. The molecule has 7 nitrogen and oxygen atoms in total. The summed E-state index contributed by atoms with van der Waals surface area (Å²) in [4.78, 5) is 30.3. The van der Waals surface area contributed by atoms with Crippen molar-refractivity contribution < 1.29 is 33.5 Å². The van der Waals surface area contributed by atoms with E-state index in [1.807, 2.05) is 6.92 Å². The van der Waals surface area contributed by atoms with Crippen LogP contribution in [0.15, 0.2) is 0 Å². The smallest absolute Gasteiger partial charge is 0.395 e. The van der Waals surface area contributed by atoms with E-state index in [1.54, 1.807) is 39.5 Å². The van der Waals surface area contributed by atoms with Crippen LogP contribution in [0.3, 0.4) is 0 Å². The number of ether oxygens (including phenoxy) is 1. The van der Waals surface area contributed by atoms with Crippen LogP contribution in [0.25, 0.3) is 0 Å². The number of thiol groups is 1. The van der Waals surface area contributed by atoms with E-state index in [9.17, 15) is 9.36 Å². The van der Waals surface area contributed by atoms with Crippen LogP contribution in [0.5, 0.6) is 0 Å². The molecular formula is C15H31O7PS2. The van der Waals surface area contributed by atoms with Gasteiger partial charge in [-0.1, -0.05) is 6.92 Å². The summed E-state index contributed by atoms with van der Waals surface area (Å²) >= 11 is 5.75. The van der Waals surface area contributed by atoms with Crippen LogP contribution in [0, 0.1) is 5.92 Å². The van der Waals surface area contributed by atoms with Crippen molar-refractivity contribution in [2.45, 2.75) is 57.5 Å². The molecule has 0 aliphatic rings. The first kappa shape index (κ1) is 25.4. The fourth-order valence-electron chi connectivity index (χ4n) is 2.09. The molecule has 0 radical (unpaired) electrons. The molecule has 3 N–H and O–H groups in total. The second-order valence-corrected chi connectivity index (χ2v) is 10.1. The molecule has 0 spiro atoms. The molecule has 0 aromatic heterocycles. The topological polar surface area (TPSA) is 113 Å². The molecular weight excluding hydrogens is 387 g/mol.